The molecule has 0 radical (unpaired) electrons. The van der Waals surface area contributed by atoms with Gasteiger partial charge in [-0.1, -0.05) is 10.4 Å². The van der Waals surface area contributed by atoms with Crippen molar-refractivity contribution < 1.29 is 82.7 Å². The number of carbonyl (C=O) groups excluding carboxylic acids is 9. The van der Waals surface area contributed by atoms with Crippen molar-refractivity contribution in [1.82, 2.24) is 74.6 Å². The first-order chi connectivity index (χ1) is 51.0. The zero-order valence-electron chi connectivity index (χ0n) is 58.7. The number of nitrogens with one attached hydrogen (secondary N) is 6. The summed E-state index contributed by atoms with van der Waals surface area (Å²) in [4.78, 5) is 120. The monoisotopic (exact) mass is 1500 g/mol. The second-order valence-electron chi connectivity index (χ2n) is 28.0. The van der Waals surface area contributed by atoms with Crippen LogP contribution in [0.25, 0.3) is 0 Å². The first kappa shape index (κ1) is 74.4. The maximum absolute atomic E-state index is 13.9. The van der Waals surface area contributed by atoms with Crippen LogP contribution in [-0.4, -0.2) is 129 Å². The summed E-state index contributed by atoms with van der Waals surface area (Å²) >= 11 is 0. The average Bonchev–Trinajstić information content (AvgIpc) is 1.03. The lowest BCUT2D eigenvalue weighted by Gasteiger charge is -2.47. The van der Waals surface area contributed by atoms with Crippen LogP contribution < -0.4 is 31.9 Å². The zero-order valence-corrected chi connectivity index (χ0v) is 58.7. The molecule has 6 N–H and O–H groups in total. The summed E-state index contributed by atoms with van der Waals surface area (Å²) < 4.78 is 131. The van der Waals surface area contributed by atoms with E-state index in [0.29, 0.717) is 109 Å². The van der Waals surface area contributed by atoms with E-state index < -0.39 is 143 Å². The first-order valence-corrected chi connectivity index (χ1v) is 34.2. The molecule has 3 fully saturated rings. The Hall–Kier alpha value is -11.9. The van der Waals surface area contributed by atoms with E-state index in [1.54, 1.807) is 41.5 Å². The predicted octanol–water partition coefficient (Wildman–Crippen LogP) is 8.66. The van der Waals surface area contributed by atoms with E-state index in [0.717, 1.165) is 0 Å². The number of hydrogen-bond donors (Lipinski definition) is 6. The van der Waals surface area contributed by atoms with Crippen molar-refractivity contribution in [2.75, 3.05) is 16.0 Å². The van der Waals surface area contributed by atoms with Crippen LogP contribution in [-0.2, 0) is 91.0 Å². The molecular formula is C72H69F9N18O9. The van der Waals surface area contributed by atoms with Crippen LogP contribution >= 0.6 is 0 Å². The molecule has 6 amide bonds. The molecule has 564 valence electrons. The molecule has 6 aliphatic rings. The molecule has 27 nitrogen and oxygen atoms in total. The van der Waals surface area contributed by atoms with E-state index in [1.807, 2.05) is 0 Å². The Morgan fingerprint density at radius 3 is 1.06 bits per heavy atom. The van der Waals surface area contributed by atoms with Gasteiger partial charge in [0.05, 0.1) is 74.7 Å². The standard InChI is InChI=1S/3C24H23F3N6O3/c1-13-18(21(35)28-15-7-5-14(25)6-8-15)16-4-3-9-33(16)19(13)20(34)22(36)29-23(11-24(26,27)12-23)17-10-32(2)31-30-17;1-13-18(21(35)29-15-7-5-14(25)6-8-15)16-4-3-9-33(16)19(13)20(34)22(36)30-23(11-24(26,27)12-23)17-10-28-31-32(17)2;1-13-18(21(35)29-15-7-5-14(25)6-8-15)16-4-3-9-33(16)19(13)20(34)22(36)30-23(11-24(26,27)12-23)17-10-28-32(2)31-17/h5-8,10H,3-4,9,11-12H2,1-2H3,(H,28,35)(H,29,36);2*5-8,10H,3-4,9,11-12H2,1-2H3,(H,29,35)(H,30,36). The van der Waals surface area contributed by atoms with Crippen molar-refractivity contribution in [1.29, 1.82) is 0 Å². The van der Waals surface area contributed by atoms with Crippen LogP contribution in [0.3, 0.4) is 0 Å². The number of aryl methyl sites for hydroxylation is 3. The quantitative estimate of drug-likeness (QED) is 0.0266. The van der Waals surface area contributed by atoms with Gasteiger partial charge in [0.2, 0.25) is 0 Å². The van der Waals surface area contributed by atoms with E-state index >= 15 is 0 Å². The summed E-state index contributed by atoms with van der Waals surface area (Å²) in [6.45, 7) is 6.01. The number of Topliss-reactive ketones (excluding diaryl/α,β-unsaturated/α-hetero) is 3. The van der Waals surface area contributed by atoms with Gasteiger partial charge in [-0.2, -0.15) is 15.0 Å². The van der Waals surface area contributed by atoms with Gasteiger partial charge in [-0.05, 0) is 149 Å². The van der Waals surface area contributed by atoms with Crippen LogP contribution in [0, 0.1) is 38.2 Å². The molecule has 3 aromatic carbocycles. The van der Waals surface area contributed by atoms with E-state index in [2.05, 4.69) is 62.7 Å². The molecule has 15 rings (SSSR count). The van der Waals surface area contributed by atoms with Crippen LogP contribution in [0.15, 0.2) is 91.4 Å². The molecule has 3 saturated carbocycles. The summed E-state index contributed by atoms with van der Waals surface area (Å²) in [7, 11) is 4.61. The van der Waals surface area contributed by atoms with Gasteiger partial charge in [-0.25, -0.2) is 39.5 Å². The van der Waals surface area contributed by atoms with E-state index in [9.17, 15) is 82.7 Å². The van der Waals surface area contributed by atoms with Crippen molar-refractivity contribution in [3.63, 3.8) is 0 Å². The number of aromatic nitrogens is 12. The number of ketones is 3. The summed E-state index contributed by atoms with van der Waals surface area (Å²) in [6.07, 6.45) is 3.43. The number of anilines is 3. The molecule has 0 spiro atoms. The molecule has 3 aliphatic heterocycles. The van der Waals surface area contributed by atoms with Crippen LogP contribution in [0.1, 0.15) is 171 Å². The van der Waals surface area contributed by atoms with Crippen molar-refractivity contribution in [3.05, 3.63) is 193 Å². The van der Waals surface area contributed by atoms with E-state index in [4.69, 9.17) is 0 Å². The predicted molar refractivity (Wildman–Crippen MR) is 364 cm³/mol. The molecule has 0 unspecified atom stereocenters. The molecule has 6 aromatic heterocycles. The molecule has 36 heteroatoms. The van der Waals surface area contributed by atoms with Gasteiger partial charge in [0.15, 0.2) is 0 Å². The lowest BCUT2D eigenvalue weighted by molar-refractivity contribution is -0.150. The number of fused-ring (bicyclic) bond motifs is 3. The molecule has 3 aliphatic carbocycles. The number of amides is 6. The lowest BCUT2D eigenvalue weighted by Crippen LogP contribution is -2.61. The fourth-order valence-corrected chi connectivity index (χ4v) is 15.6. The second kappa shape index (κ2) is 27.8. The Kier molecular flexibility index (Phi) is 19.1. The molecule has 108 heavy (non-hydrogen) atoms. The summed E-state index contributed by atoms with van der Waals surface area (Å²) in [5, 5.41) is 38.6. The fraction of sp³-hybridized carbons (Fsp3) is 0.375. The number of carbonyl (C=O) groups is 9. The van der Waals surface area contributed by atoms with Gasteiger partial charge in [-0.15, -0.1) is 10.2 Å². The molecule has 0 atom stereocenters. The third kappa shape index (κ3) is 14.0. The number of nitrogens with zero attached hydrogens (tertiary/aromatic N) is 12. The molecule has 9 aromatic rings. The highest BCUT2D eigenvalue weighted by molar-refractivity contribution is 6.44. The minimum Gasteiger partial charge on any atom is -0.341 e. The lowest BCUT2D eigenvalue weighted by atomic mass is 9.71. The maximum Gasteiger partial charge on any atom is 0.294 e. The molecule has 9 heterocycles. The van der Waals surface area contributed by atoms with Gasteiger partial charge >= 0.3 is 0 Å². The van der Waals surface area contributed by atoms with Gasteiger partial charge in [0.25, 0.3) is 70.6 Å². The third-order valence-corrected chi connectivity index (χ3v) is 20.3. The van der Waals surface area contributed by atoms with Crippen LogP contribution in [0.5, 0.6) is 0 Å². The van der Waals surface area contributed by atoms with E-state index in [1.165, 1.54) is 120 Å². The van der Waals surface area contributed by atoms with Crippen molar-refractivity contribution in [2.24, 2.45) is 21.1 Å². The number of halogens is 9. The van der Waals surface area contributed by atoms with Gasteiger partial charge in [0.1, 0.15) is 28.8 Å². The maximum atomic E-state index is 13.9. The second-order valence-corrected chi connectivity index (χ2v) is 28.0. The highest BCUT2D eigenvalue weighted by Crippen LogP contribution is 2.54. The van der Waals surface area contributed by atoms with Gasteiger partial charge < -0.3 is 45.6 Å². The fourth-order valence-electron chi connectivity index (χ4n) is 15.6. The normalized spacial score (nSPS) is 17.2. The summed E-state index contributed by atoms with van der Waals surface area (Å²) in [6, 6.07) is 15.8. The minimum absolute atomic E-state index is 0.0460. The van der Waals surface area contributed by atoms with Crippen molar-refractivity contribution >= 4 is 69.9 Å². The highest BCUT2D eigenvalue weighted by atomic mass is 19.3. The number of alkyl halides is 6. The Balaban J connectivity index is 0.000000143. The number of benzene rings is 3. The Morgan fingerprint density at radius 2 is 0.769 bits per heavy atom. The van der Waals surface area contributed by atoms with Crippen LogP contribution in [0.2, 0.25) is 0 Å². The molecule has 0 bridgehead atoms. The Bertz CT molecular complexity index is 4950. The van der Waals surface area contributed by atoms with Crippen molar-refractivity contribution in [2.45, 2.75) is 152 Å². The SMILES string of the molecule is Cc1c(C(=O)Nc2ccc(F)cc2)c2n(c1C(=O)C(=O)NC1(c3cn(C)nn3)CC(F)(F)C1)CCC2.Cc1c(C(=O)Nc2ccc(F)cc2)c2n(c1C(=O)C(=O)NC1(c3cnn(C)n3)CC(F)(F)C1)CCC2.Cc1c(C(=O)Nc2ccc(F)cc2)c2n(c1C(=O)C(=O)NC1(c3cnnn3C)CC(F)(F)C1)CCC2. The third-order valence-electron chi connectivity index (χ3n) is 20.3. The highest BCUT2D eigenvalue weighted by Gasteiger charge is 2.63. The topological polar surface area (TPSA) is 333 Å². The van der Waals surface area contributed by atoms with Gasteiger partial charge in [-0.3, -0.25) is 52.5 Å². The largest absolute Gasteiger partial charge is 0.341 e. The Morgan fingerprint density at radius 1 is 0.435 bits per heavy atom. The summed E-state index contributed by atoms with van der Waals surface area (Å²) in [5.74, 6) is -17.7. The average molecular weight is 1500 g/mol. The number of hydrogen-bond acceptors (Lipinski definition) is 15. The zero-order chi connectivity index (χ0) is 77.5. The minimum atomic E-state index is -3.01. The summed E-state index contributed by atoms with van der Waals surface area (Å²) in [5.41, 5.74) is 0.934. The molecular weight excluding hydrogens is 1430 g/mol. The van der Waals surface area contributed by atoms with Crippen LogP contribution in [0.4, 0.5) is 56.6 Å². The smallest absolute Gasteiger partial charge is 0.294 e. The Labute approximate surface area is 607 Å². The molecule has 0 saturated heterocycles. The van der Waals surface area contributed by atoms with Gasteiger partial charge in [0, 0.05) is 113 Å². The van der Waals surface area contributed by atoms with Crippen molar-refractivity contribution in [3.8, 4) is 0 Å². The van der Waals surface area contributed by atoms with E-state index in [-0.39, 0.29) is 50.9 Å². The number of rotatable bonds is 18. The first-order valence-electron chi connectivity index (χ1n) is 34.2.